The Hall–Kier alpha value is -2.14. The highest BCUT2D eigenvalue weighted by Gasteiger charge is 2.16. The highest BCUT2D eigenvalue weighted by atomic mass is 32.2. The molecule has 29 heavy (non-hydrogen) atoms. The van der Waals surface area contributed by atoms with Crippen molar-refractivity contribution in [3.05, 3.63) is 64.2 Å². The van der Waals surface area contributed by atoms with Gasteiger partial charge >= 0.3 is 0 Å². The maximum Gasteiger partial charge on any atom is 0.224 e. The van der Waals surface area contributed by atoms with Crippen LogP contribution in [0.25, 0.3) is 0 Å². The van der Waals surface area contributed by atoms with Crippen LogP contribution in [0, 0.1) is 20.8 Å². The third kappa shape index (κ3) is 7.00. The van der Waals surface area contributed by atoms with Crippen molar-refractivity contribution >= 4 is 21.4 Å². The number of carbonyl (C=O) groups is 1. The first-order chi connectivity index (χ1) is 13.4. The predicted molar refractivity (Wildman–Crippen MR) is 121 cm³/mol. The molecule has 4 nitrogen and oxygen atoms in total. The van der Waals surface area contributed by atoms with Gasteiger partial charge in [0.15, 0.2) is 9.84 Å². The lowest BCUT2D eigenvalue weighted by atomic mass is 9.87. The van der Waals surface area contributed by atoms with E-state index in [1.54, 1.807) is 0 Å². The Morgan fingerprint density at radius 2 is 1.52 bits per heavy atom. The minimum atomic E-state index is -3.25. The second-order valence-corrected chi connectivity index (χ2v) is 11.1. The molecule has 0 saturated carbocycles. The summed E-state index contributed by atoms with van der Waals surface area (Å²) in [5.74, 6) is -0.132. The zero-order chi connectivity index (χ0) is 21.8. The van der Waals surface area contributed by atoms with Gasteiger partial charge in [0.1, 0.15) is 0 Å². The van der Waals surface area contributed by atoms with E-state index in [-0.39, 0.29) is 29.2 Å². The number of sulfone groups is 1. The molecule has 0 heterocycles. The van der Waals surface area contributed by atoms with Crippen LogP contribution in [-0.2, 0) is 25.8 Å². The Kier molecular flexibility index (Phi) is 7.28. The van der Waals surface area contributed by atoms with E-state index in [0.717, 1.165) is 27.9 Å². The molecule has 158 valence electrons. The summed E-state index contributed by atoms with van der Waals surface area (Å²) in [6, 6.07) is 11.8. The van der Waals surface area contributed by atoms with E-state index in [2.05, 4.69) is 26.1 Å². The Bertz CT molecular complexity index is 945. The Morgan fingerprint density at radius 3 is 2.03 bits per heavy atom. The summed E-state index contributed by atoms with van der Waals surface area (Å²) >= 11 is 0. The van der Waals surface area contributed by atoms with Gasteiger partial charge < -0.3 is 5.32 Å². The van der Waals surface area contributed by atoms with Crippen LogP contribution in [0.5, 0.6) is 0 Å². The van der Waals surface area contributed by atoms with Crippen LogP contribution in [0.4, 0.5) is 5.69 Å². The average molecular weight is 416 g/mol. The molecule has 0 saturated heterocycles. The van der Waals surface area contributed by atoms with Crippen LogP contribution in [0.1, 0.15) is 61.4 Å². The van der Waals surface area contributed by atoms with Crippen LogP contribution >= 0.6 is 0 Å². The van der Waals surface area contributed by atoms with Crippen molar-refractivity contribution in [1.82, 2.24) is 0 Å². The molecule has 0 bridgehead atoms. The number of carbonyl (C=O) groups excluding carboxylic acids is 1. The average Bonchev–Trinajstić information content (AvgIpc) is 2.57. The maximum atomic E-state index is 12.4. The van der Waals surface area contributed by atoms with Crippen molar-refractivity contribution in [1.29, 1.82) is 0 Å². The first kappa shape index (κ1) is 23.1. The quantitative estimate of drug-likeness (QED) is 0.672. The molecule has 0 spiro atoms. The van der Waals surface area contributed by atoms with E-state index < -0.39 is 9.84 Å². The summed E-state index contributed by atoms with van der Waals surface area (Å²) in [5.41, 5.74) is 6.01. The van der Waals surface area contributed by atoms with Crippen LogP contribution in [0.2, 0.25) is 0 Å². The van der Waals surface area contributed by atoms with E-state index >= 15 is 0 Å². The first-order valence-corrected chi connectivity index (χ1v) is 11.9. The summed E-state index contributed by atoms with van der Waals surface area (Å²) in [6.07, 6.45) is 0.507. The summed E-state index contributed by atoms with van der Waals surface area (Å²) in [7, 11) is -3.25. The van der Waals surface area contributed by atoms with Gasteiger partial charge in [-0.3, -0.25) is 4.79 Å². The van der Waals surface area contributed by atoms with Crippen LogP contribution in [0.3, 0.4) is 0 Å². The number of rotatable bonds is 7. The second kappa shape index (κ2) is 9.12. The van der Waals surface area contributed by atoms with Crippen LogP contribution in [0.15, 0.2) is 36.4 Å². The molecule has 2 rings (SSSR count). The van der Waals surface area contributed by atoms with E-state index in [9.17, 15) is 13.2 Å². The number of amides is 1. The number of anilines is 1. The van der Waals surface area contributed by atoms with E-state index in [1.165, 1.54) is 5.56 Å². The lowest BCUT2D eigenvalue weighted by molar-refractivity contribution is -0.116. The van der Waals surface area contributed by atoms with Gasteiger partial charge in [0.25, 0.3) is 0 Å². The molecule has 1 amide bonds. The molecule has 0 aliphatic rings. The minimum absolute atomic E-state index is 0.00725. The molecule has 2 aromatic carbocycles. The van der Waals surface area contributed by atoms with Crippen molar-refractivity contribution in [3.63, 3.8) is 0 Å². The normalized spacial score (nSPS) is 12.1. The van der Waals surface area contributed by atoms with Gasteiger partial charge in [-0.2, -0.15) is 0 Å². The molecule has 5 heteroatoms. The summed E-state index contributed by atoms with van der Waals surface area (Å²) in [5, 5.41) is 2.93. The van der Waals surface area contributed by atoms with Gasteiger partial charge in [0.2, 0.25) is 5.91 Å². The molecule has 1 N–H and O–H groups in total. The standard InChI is InChI=1S/C24H33NO3S/c1-17-14-18(2)23(19(3)15-17)25-22(26)8-7-13-29(27,28)16-20-9-11-21(12-10-20)24(4,5)6/h9-12,14-15H,7-8,13,16H2,1-6H3,(H,25,26). The largest absolute Gasteiger partial charge is 0.326 e. The molecule has 0 atom stereocenters. The van der Waals surface area contributed by atoms with Crippen LogP contribution < -0.4 is 5.32 Å². The smallest absolute Gasteiger partial charge is 0.224 e. The fraction of sp³-hybridized carbons (Fsp3) is 0.458. The molecule has 0 aliphatic heterocycles. The van der Waals surface area contributed by atoms with Crippen molar-refractivity contribution in [3.8, 4) is 0 Å². The molecule has 0 fully saturated rings. The predicted octanol–water partition coefficient (Wildman–Crippen LogP) is 5.24. The molecule has 0 radical (unpaired) electrons. The Labute approximate surface area is 175 Å². The topological polar surface area (TPSA) is 63.2 Å². The molecular formula is C24H33NO3S. The van der Waals surface area contributed by atoms with Gasteiger partial charge in [-0.25, -0.2) is 8.42 Å². The first-order valence-electron chi connectivity index (χ1n) is 10.0. The summed E-state index contributed by atoms with van der Waals surface area (Å²) < 4.78 is 24.9. The van der Waals surface area contributed by atoms with Crippen molar-refractivity contribution in [2.45, 2.75) is 65.6 Å². The molecule has 0 aliphatic carbocycles. The molecular weight excluding hydrogens is 382 g/mol. The second-order valence-electron chi connectivity index (χ2n) is 8.96. The zero-order valence-electron chi connectivity index (χ0n) is 18.4. The highest BCUT2D eigenvalue weighted by molar-refractivity contribution is 7.90. The monoisotopic (exact) mass is 415 g/mol. The lowest BCUT2D eigenvalue weighted by Gasteiger charge is -2.19. The summed E-state index contributed by atoms with van der Waals surface area (Å²) in [6.45, 7) is 12.3. The van der Waals surface area contributed by atoms with Gasteiger partial charge in [-0.1, -0.05) is 62.7 Å². The fourth-order valence-corrected chi connectivity index (χ4v) is 4.89. The van der Waals surface area contributed by atoms with Gasteiger partial charge in [0, 0.05) is 12.1 Å². The van der Waals surface area contributed by atoms with Crippen molar-refractivity contribution in [2.24, 2.45) is 0 Å². The molecule has 0 unspecified atom stereocenters. The Balaban J connectivity index is 1.88. The minimum Gasteiger partial charge on any atom is -0.326 e. The van der Waals surface area contributed by atoms with Gasteiger partial charge in [-0.15, -0.1) is 0 Å². The van der Waals surface area contributed by atoms with E-state index in [0.29, 0.717) is 6.42 Å². The molecule has 0 aromatic heterocycles. The number of aryl methyl sites for hydroxylation is 3. The third-order valence-corrected chi connectivity index (χ3v) is 6.69. The number of hydrogen-bond acceptors (Lipinski definition) is 3. The third-order valence-electron chi connectivity index (χ3n) is 5.01. The van der Waals surface area contributed by atoms with Gasteiger partial charge in [0.05, 0.1) is 11.5 Å². The molecule has 2 aromatic rings. The SMILES string of the molecule is Cc1cc(C)c(NC(=O)CCCS(=O)(=O)Cc2ccc(C(C)(C)C)cc2)c(C)c1. The zero-order valence-corrected chi connectivity index (χ0v) is 19.2. The number of hydrogen-bond donors (Lipinski definition) is 1. The number of benzene rings is 2. The Morgan fingerprint density at radius 1 is 0.966 bits per heavy atom. The van der Waals surface area contributed by atoms with Crippen LogP contribution in [-0.4, -0.2) is 20.1 Å². The highest BCUT2D eigenvalue weighted by Crippen LogP contribution is 2.23. The summed E-state index contributed by atoms with van der Waals surface area (Å²) in [4.78, 5) is 12.3. The fourth-order valence-electron chi connectivity index (χ4n) is 3.46. The lowest BCUT2D eigenvalue weighted by Crippen LogP contribution is -2.16. The van der Waals surface area contributed by atoms with E-state index in [4.69, 9.17) is 0 Å². The van der Waals surface area contributed by atoms with E-state index in [1.807, 2.05) is 57.2 Å². The number of nitrogens with one attached hydrogen (secondary N) is 1. The van der Waals surface area contributed by atoms with Gasteiger partial charge in [-0.05, 0) is 54.9 Å². The maximum absolute atomic E-state index is 12.4. The van der Waals surface area contributed by atoms with Crippen molar-refractivity contribution in [2.75, 3.05) is 11.1 Å². The van der Waals surface area contributed by atoms with Crippen molar-refractivity contribution < 1.29 is 13.2 Å².